The van der Waals surface area contributed by atoms with Crippen LogP contribution in [0.5, 0.6) is 0 Å². The van der Waals surface area contributed by atoms with Crippen LogP contribution < -0.4 is 4.90 Å². The van der Waals surface area contributed by atoms with Gasteiger partial charge in [-0.25, -0.2) is 0 Å². The lowest BCUT2D eigenvalue weighted by Gasteiger charge is -2.23. The molecule has 3 rings (SSSR count). The monoisotopic (exact) mass is 300 g/mol. The van der Waals surface area contributed by atoms with Crippen LogP contribution in [0.1, 0.15) is 26.7 Å². The van der Waals surface area contributed by atoms with E-state index in [1.165, 1.54) is 40.3 Å². The van der Waals surface area contributed by atoms with E-state index in [1.54, 1.807) is 0 Å². The first-order chi connectivity index (χ1) is 10.4. The molecule has 2 atom stereocenters. The van der Waals surface area contributed by atoms with Gasteiger partial charge in [-0.2, -0.15) is 0 Å². The Morgan fingerprint density at radius 1 is 1.00 bits per heavy atom. The van der Waals surface area contributed by atoms with Gasteiger partial charge in [0.25, 0.3) is 5.69 Å². The summed E-state index contributed by atoms with van der Waals surface area (Å²) in [4.78, 5) is 36.5. The Morgan fingerprint density at radius 2 is 1.45 bits per heavy atom. The molecule has 0 aromatic heterocycles. The number of nitro groups is 1. The Morgan fingerprint density at radius 3 is 1.86 bits per heavy atom. The topological polar surface area (TPSA) is 80.5 Å². The van der Waals surface area contributed by atoms with Crippen molar-refractivity contribution in [1.29, 1.82) is 0 Å². The fourth-order valence-electron chi connectivity index (χ4n) is 3.23. The fourth-order valence-corrected chi connectivity index (χ4v) is 3.23. The minimum absolute atomic E-state index is 0.0615. The van der Waals surface area contributed by atoms with Crippen LogP contribution in [0.2, 0.25) is 0 Å². The van der Waals surface area contributed by atoms with Gasteiger partial charge in [0.1, 0.15) is 0 Å². The Balaban J connectivity index is 1.92. The lowest BCUT2D eigenvalue weighted by atomic mass is 9.78. The minimum atomic E-state index is -0.506. The van der Waals surface area contributed by atoms with Gasteiger partial charge in [0.05, 0.1) is 22.4 Å². The largest absolute Gasteiger partial charge is 0.274 e. The molecule has 114 valence electrons. The lowest BCUT2D eigenvalue weighted by Crippen LogP contribution is -2.30. The average molecular weight is 300 g/mol. The predicted octanol–water partition coefficient (Wildman–Crippen LogP) is 2.83. The summed E-state index contributed by atoms with van der Waals surface area (Å²) >= 11 is 0. The van der Waals surface area contributed by atoms with E-state index in [0.29, 0.717) is 18.5 Å². The van der Waals surface area contributed by atoms with Gasteiger partial charge >= 0.3 is 0 Å². The summed E-state index contributed by atoms with van der Waals surface area (Å²) in [7, 11) is 0. The molecule has 0 unspecified atom stereocenters. The first kappa shape index (κ1) is 14.4. The van der Waals surface area contributed by atoms with Crippen LogP contribution in [-0.4, -0.2) is 16.7 Å². The van der Waals surface area contributed by atoms with E-state index in [-0.39, 0.29) is 29.3 Å². The number of anilines is 1. The summed E-state index contributed by atoms with van der Waals surface area (Å²) in [6.07, 6.45) is 1.23. The van der Waals surface area contributed by atoms with E-state index < -0.39 is 4.92 Å². The third-order valence-corrected chi connectivity index (χ3v) is 4.66. The average Bonchev–Trinajstić information content (AvgIpc) is 2.72. The van der Waals surface area contributed by atoms with Crippen molar-refractivity contribution < 1.29 is 14.5 Å². The van der Waals surface area contributed by atoms with Gasteiger partial charge in [-0.3, -0.25) is 24.6 Å². The number of hydrogen-bond donors (Lipinski definition) is 0. The molecule has 0 spiro atoms. The van der Waals surface area contributed by atoms with Gasteiger partial charge in [0, 0.05) is 12.1 Å². The van der Waals surface area contributed by atoms with Crippen LogP contribution in [0.25, 0.3) is 0 Å². The molecule has 1 aromatic rings. The summed E-state index contributed by atoms with van der Waals surface area (Å²) in [5, 5.41) is 10.7. The second-order valence-electron chi connectivity index (χ2n) is 5.97. The molecule has 1 saturated heterocycles. The molecule has 1 aliphatic heterocycles. The zero-order valence-electron chi connectivity index (χ0n) is 12.4. The van der Waals surface area contributed by atoms with E-state index in [4.69, 9.17) is 0 Å². The molecule has 1 heterocycles. The van der Waals surface area contributed by atoms with Crippen LogP contribution in [0.4, 0.5) is 11.4 Å². The molecule has 0 N–H and O–H groups in total. The molecule has 22 heavy (non-hydrogen) atoms. The number of non-ortho nitro benzene ring substituents is 1. The van der Waals surface area contributed by atoms with Crippen LogP contribution >= 0.6 is 0 Å². The van der Waals surface area contributed by atoms with Crippen molar-refractivity contribution in [2.24, 2.45) is 11.8 Å². The van der Waals surface area contributed by atoms with Gasteiger partial charge in [-0.1, -0.05) is 11.1 Å². The van der Waals surface area contributed by atoms with Gasteiger partial charge in [0.2, 0.25) is 11.8 Å². The number of fused-ring (bicyclic) bond motifs is 1. The van der Waals surface area contributed by atoms with Gasteiger partial charge < -0.3 is 0 Å². The number of amides is 2. The van der Waals surface area contributed by atoms with Crippen molar-refractivity contribution in [2.45, 2.75) is 26.7 Å². The van der Waals surface area contributed by atoms with Gasteiger partial charge in [0.15, 0.2) is 0 Å². The number of benzene rings is 1. The summed E-state index contributed by atoms with van der Waals surface area (Å²) in [5.41, 5.74) is 2.69. The molecule has 0 bridgehead atoms. The number of rotatable bonds is 2. The smallest absolute Gasteiger partial charge is 0.269 e. The van der Waals surface area contributed by atoms with Crippen molar-refractivity contribution in [1.82, 2.24) is 0 Å². The number of carbonyl (C=O) groups is 2. The van der Waals surface area contributed by atoms with Crippen molar-refractivity contribution in [3.63, 3.8) is 0 Å². The molecular formula is C16H16N2O4. The minimum Gasteiger partial charge on any atom is -0.274 e. The van der Waals surface area contributed by atoms with Gasteiger partial charge in [-0.05, 0) is 38.8 Å². The maximum absolute atomic E-state index is 12.6. The van der Waals surface area contributed by atoms with Crippen molar-refractivity contribution >= 4 is 23.2 Å². The maximum Gasteiger partial charge on any atom is 0.269 e. The second-order valence-corrected chi connectivity index (χ2v) is 5.97. The SMILES string of the molecule is CC1=C(C)C[C@H]2C(=O)N(c3ccc([N+](=O)[O-])cc3)C(=O)[C@@H]2C1. The van der Waals surface area contributed by atoms with Crippen LogP contribution in [0.15, 0.2) is 35.4 Å². The molecule has 1 aliphatic carbocycles. The highest BCUT2D eigenvalue weighted by molar-refractivity contribution is 6.22. The van der Waals surface area contributed by atoms with Crippen molar-refractivity contribution in [2.75, 3.05) is 4.90 Å². The Kier molecular flexibility index (Phi) is 3.31. The zero-order chi connectivity index (χ0) is 16.0. The van der Waals surface area contributed by atoms with Crippen molar-refractivity contribution in [3.8, 4) is 0 Å². The number of imide groups is 1. The number of nitrogens with zero attached hydrogens (tertiary/aromatic N) is 2. The normalized spacial score (nSPS) is 24.7. The van der Waals surface area contributed by atoms with Crippen LogP contribution in [-0.2, 0) is 9.59 Å². The molecule has 0 radical (unpaired) electrons. The molecule has 6 heteroatoms. The molecule has 1 aromatic carbocycles. The van der Waals surface area contributed by atoms with E-state index >= 15 is 0 Å². The molecule has 2 amide bonds. The third-order valence-electron chi connectivity index (χ3n) is 4.66. The highest BCUT2D eigenvalue weighted by atomic mass is 16.6. The summed E-state index contributed by atoms with van der Waals surface area (Å²) < 4.78 is 0. The number of hydrogen-bond acceptors (Lipinski definition) is 4. The zero-order valence-corrected chi connectivity index (χ0v) is 12.4. The first-order valence-electron chi connectivity index (χ1n) is 7.17. The molecule has 6 nitrogen and oxygen atoms in total. The second kappa shape index (κ2) is 5.05. The Bertz CT molecular complexity index is 673. The summed E-state index contributed by atoms with van der Waals surface area (Å²) in [5.74, 6) is -0.996. The molecule has 2 aliphatic rings. The van der Waals surface area contributed by atoms with Crippen molar-refractivity contribution in [3.05, 3.63) is 45.5 Å². The maximum atomic E-state index is 12.6. The molecule has 0 saturated carbocycles. The summed E-state index contributed by atoms with van der Waals surface area (Å²) in [6, 6.07) is 5.54. The Hall–Kier alpha value is -2.50. The van der Waals surface area contributed by atoms with Gasteiger partial charge in [-0.15, -0.1) is 0 Å². The summed E-state index contributed by atoms with van der Waals surface area (Å²) in [6.45, 7) is 4.00. The third kappa shape index (κ3) is 2.11. The van der Waals surface area contributed by atoms with E-state index in [9.17, 15) is 19.7 Å². The van der Waals surface area contributed by atoms with E-state index in [1.807, 2.05) is 13.8 Å². The van der Waals surface area contributed by atoms with Crippen LogP contribution in [0, 0.1) is 22.0 Å². The number of carbonyl (C=O) groups excluding carboxylic acids is 2. The van der Waals surface area contributed by atoms with Crippen LogP contribution in [0.3, 0.4) is 0 Å². The predicted molar refractivity (Wildman–Crippen MR) is 80.2 cm³/mol. The molecular weight excluding hydrogens is 284 g/mol. The number of nitro benzene ring substituents is 1. The Labute approximate surface area is 127 Å². The highest BCUT2D eigenvalue weighted by Gasteiger charge is 2.49. The van der Waals surface area contributed by atoms with E-state index in [2.05, 4.69) is 0 Å². The fraction of sp³-hybridized carbons (Fsp3) is 0.375. The van der Waals surface area contributed by atoms with E-state index in [0.717, 1.165) is 0 Å². The number of allylic oxidation sites excluding steroid dienone is 2. The quantitative estimate of drug-likeness (QED) is 0.364. The highest BCUT2D eigenvalue weighted by Crippen LogP contribution is 2.42. The molecule has 1 fully saturated rings. The standard InChI is InChI=1S/C16H16N2O4/c1-9-7-13-14(8-10(9)2)16(20)17(15(13)19)11-3-5-12(6-4-11)18(21)22/h3-6,13-14H,7-8H2,1-2H3/t13-,14-/m1/s1. The lowest BCUT2D eigenvalue weighted by molar-refractivity contribution is -0.384. The first-order valence-corrected chi connectivity index (χ1v) is 7.17.